The zero-order valence-electron chi connectivity index (χ0n) is 11.3. The quantitative estimate of drug-likeness (QED) is 0.602. The number of amides is 1. The summed E-state index contributed by atoms with van der Waals surface area (Å²) in [5.41, 5.74) is 8.13. The molecule has 0 saturated heterocycles. The van der Waals surface area contributed by atoms with Gasteiger partial charge in [-0.1, -0.05) is 6.07 Å². The van der Waals surface area contributed by atoms with Crippen LogP contribution in [0.4, 0.5) is 11.4 Å². The van der Waals surface area contributed by atoms with Gasteiger partial charge in [0.15, 0.2) is 0 Å². The molecule has 3 N–H and O–H groups in total. The van der Waals surface area contributed by atoms with Gasteiger partial charge in [-0.3, -0.25) is 4.79 Å². The van der Waals surface area contributed by atoms with Crippen molar-refractivity contribution in [2.24, 2.45) is 0 Å². The molecule has 0 unspecified atom stereocenters. The molecule has 1 aromatic rings. The molecule has 0 bridgehead atoms. The lowest BCUT2D eigenvalue weighted by Crippen LogP contribution is -2.14. The van der Waals surface area contributed by atoms with Crippen LogP contribution < -0.4 is 11.1 Å². The van der Waals surface area contributed by atoms with Crippen LogP contribution in [-0.2, 0) is 9.53 Å². The SMILES string of the molecule is Cc1ccc(N)cc1NC(=O)CCCOC(C)C. The molecule has 0 atom stereocenters. The summed E-state index contributed by atoms with van der Waals surface area (Å²) in [4.78, 5) is 11.7. The second kappa shape index (κ2) is 7.01. The first-order valence-corrected chi connectivity index (χ1v) is 6.26. The van der Waals surface area contributed by atoms with Gasteiger partial charge < -0.3 is 15.8 Å². The van der Waals surface area contributed by atoms with Gasteiger partial charge >= 0.3 is 0 Å². The molecule has 0 aliphatic rings. The van der Waals surface area contributed by atoms with Crippen LogP contribution in [0.2, 0.25) is 0 Å². The van der Waals surface area contributed by atoms with E-state index in [1.807, 2.05) is 32.9 Å². The average Bonchev–Trinajstić information content (AvgIpc) is 2.29. The number of anilines is 2. The fourth-order valence-corrected chi connectivity index (χ4v) is 1.54. The lowest BCUT2D eigenvalue weighted by Gasteiger charge is -2.10. The number of aryl methyl sites for hydroxylation is 1. The molecule has 18 heavy (non-hydrogen) atoms. The average molecular weight is 250 g/mol. The van der Waals surface area contributed by atoms with E-state index in [4.69, 9.17) is 10.5 Å². The van der Waals surface area contributed by atoms with Crippen molar-refractivity contribution in [1.82, 2.24) is 0 Å². The maximum absolute atomic E-state index is 11.7. The van der Waals surface area contributed by atoms with Gasteiger partial charge in [-0.05, 0) is 44.9 Å². The zero-order valence-corrected chi connectivity index (χ0v) is 11.3. The maximum Gasteiger partial charge on any atom is 0.224 e. The number of nitrogen functional groups attached to an aromatic ring is 1. The summed E-state index contributed by atoms with van der Waals surface area (Å²) in [6.07, 6.45) is 1.40. The van der Waals surface area contributed by atoms with Crippen molar-refractivity contribution < 1.29 is 9.53 Å². The van der Waals surface area contributed by atoms with Crippen LogP contribution in [0, 0.1) is 6.92 Å². The Morgan fingerprint density at radius 2 is 2.17 bits per heavy atom. The van der Waals surface area contributed by atoms with Crippen molar-refractivity contribution in [3.8, 4) is 0 Å². The summed E-state index contributed by atoms with van der Waals surface area (Å²) < 4.78 is 5.39. The zero-order chi connectivity index (χ0) is 13.5. The Kier molecular flexibility index (Phi) is 5.65. The molecule has 4 heteroatoms. The third-order valence-corrected chi connectivity index (χ3v) is 2.54. The van der Waals surface area contributed by atoms with Crippen molar-refractivity contribution >= 4 is 17.3 Å². The van der Waals surface area contributed by atoms with Gasteiger partial charge in [0.05, 0.1) is 6.10 Å². The van der Waals surface area contributed by atoms with E-state index in [-0.39, 0.29) is 12.0 Å². The van der Waals surface area contributed by atoms with Crippen molar-refractivity contribution in [3.05, 3.63) is 23.8 Å². The molecule has 4 nitrogen and oxygen atoms in total. The fourth-order valence-electron chi connectivity index (χ4n) is 1.54. The Morgan fingerprint density at radius 1 is 1.44 bits per heavy atom. The summed E-state index contributed by atoms with van der Waals surface area (Å²) in [5, 5.41) is 2.86. The Labute approximate surface area is 109 Å². The predicted octanol–water partition coefficient (Wildman–Crippen LogP) is 2.72. The molecule has 0 aromatic heterocycles. The molecule has 1 aromatic carbocycles. The lowest BCUT2D eigenvalue weighted by molar-refractivity contribution is -0.116. The molecule has 0 aliphatic carbocycles. The second-order valence-electron chi connectivity index (χ2n) is 4.65. The molecule has 0 aliphatic heterocycles. The summed E-state index contributed by atoms with van der Waals surface area (Å²) in [6.45, 7) is 6.52. The fraction of sp³-hybridized carbons (Fsp3) is 0.500. The molecule has 100 valence electrons. The van der Waals surface area contributed by atoms with E-state index in [2.05, 4.69) is 5.32 Å². The van der Waals surface area contributed by atoms with Crippen LogP contribution in [0.3, 0.4) is 0 Å². The van der Waals surface area contributed by atoms with Crippen LogP contribution in [0.1, 0.15) is 32.3 Å². The standard InChI is InChI=1S/C14H22N2O2/c1-10(2)18-8-4-5-14(17)16-13-9-12(15)7-6-11(13)3/h6-7,9-10H,4-5,8,15H2,1-3H3,(H,16,17). The molecular weight excluding hydrogens is 228 g/mol. The minimum absolute atomic E-state index is 0.00365. The van der Waals surface area contributed by atoms with Gasteiger partial charge in [0, 0.05) is 24.4 Å². The third kappa shape index (κ3) is 5.19. The lowest BCUT2D eigenvalue weighted by atomic mass is 10.1. The molecule has 0 radical (unpaired) electrons. The maximum atomic E-state index is 11.7. The normalized spacial score (nSPS) is 10.7. The molecule has 0 saturated carbocycles. The second-order valence-corrected chi connectivity index (χ2v) is 4.65. The number of nitrogens with two attached hydrogens (primary N) is 1. The predicted molar refractivity (Wildman–Crippen MR) is 74.5 cm³/mol. The van der Waals surface area contributed by atoms with Gasteiger partial charge in [0.1, 0.15) is 0 Å². The van der Waals surface area contributed by atoms with Crippen molar-refractivity contribution in [1.29, 1.82) is 0 Å². The summed E-state index contributed by atoms with van der Waals surface area (Å²) in [7, 11) is 0. The first-order valence-electron chi connectivity index (χ1n) is 6.26. The van der Waals surface area contributed by atoms with Crippen LogP contribution in [0.15, 0.2) is 18.2 Å². The Balaban J connectivity index is 2.38. The van der Waals surface area contributed by atoms with Crippen LogP contribution >= 0.6 is 0 Å². The highest BCUT2D eigenvalue weighted by Crippen LogP contribution is 2.18. The smallest absolute Gasteiger partial charge is 0.224 e. The Morgan fingerprint density at radius 3 is 2.83 bits per heavy atom. The highest BCUT2D eigenvalue weighted by atomic mass is 16.5. The van der Waals surface area contributed by atoms with Gasteiger partial charge in [-0.25, -0.2) is 0 Å². The first kappa shape index (κ1) is 14.5. The summed E-state index contributed by atoms with van der Waals surface area (Å²) in [5.74, 6) is -0.00365. The van der Waals surface area contributed by atoms with E-state index in [0.29, 0.717) is 18.7 Å². The Hall–Kier alpha value is -1.55. The number of benzene rings is 1. The number of carbonyl (C=O) groups excluding carboxylic acids is 1. The summed E-state index contributed by atoms with van der Waals surface area (Å²) in [6, 6.07) is 5.49. The minimum atomic E-state index is -0.00365. The van der Waals surface area contributed by atoms with E-state index < -0.39 is 0 Å². The number of hydrogen-bond acceptors (Lipinski definition) is 3. The van der Waals surface area contributed by atoms with Crippen LogP contribution in [0.5, 0.6) is 0 Å². The summed E-state index contributed by atoms with van der Waals surface area (Å²) >= 11 is 0. The minimum Gasteiger partial charge on any atom is -0.399 e. The highest BCUT2D eigenvalue weighted by molar-refractivity contribution is 5.91. The number of ether oxygens (including phenoxy) is 1. The van der Waals surface area contributed by atoms with Crippen molar-refractivity contribution in [3.63, 3.8) is 0 Å². The van der Waals surface area contributed by atoms with E-state index in [1.54, 1.807) is 6.07 Å². The molecule has 0 fully saturated rings. The topological polar surface area (TPSA) is 64.3 Å². The molecule has 1 amide bonds. The van der Waals surface area contributed by atoms with Crippen LogP contribution in [0.25, 0.3) is 0 Å². The molecular formula is C14H22N2O2. The van der Waals surface area contributed by atoms with E-state index in [1.165, 1.54) is 0 Å². The molecule has 0 spiro atoms. The van der Waals surface area contributed by atoms with Crippen molar-refractivity contribution in [2.75, 3.05) is 17.7 Å². The largest absolute Gasteiger partial charge is 0.399 e. The van der Waals surface area contributed by atoms with Crippen LogP contribution in [-0.4, -0.2) is 18.6 Å². The number of rotatable bonds is 6. The van der Waals surface area contributed by atoms with Gasteiger partial charge in [-0.15, -0.1) is 0 Å². The number of nitrogens with one attached hydrogen (secondary N) is 1. The van der Waals surface area contributed by atoms with E-state index >= 15 is 0 Å². The molecule has 1 rings (SSSR count). The number of carbonyl (C=O) groups is 1. The first-order chi connectivity index (χ1) is 8.49. The number of hydrogen-bond donors (Lipinski definition) is 2. The van der Waals surface area contributed by atoms with Gasteiger partial charge in [-0.2, -0.15) is 0 Å². The molecule has 0 heterocycles. The van der Waals surface area contributed by atoms with E-state index in [9.17, 15) is 4.79 Å². The van der Waals surface area contributed by atoms with E-state index in [0.717, 1.165) is 17.7 Å². The van der Waals surface area contributed by atoms with Crippen molar-refractivity contribution in [2.45, 2.75) is 39.7 Å². The van der Waals surface area contributed by atoms with Gasteiger partial charge in [0.25, 0.3) is 0 Å². The highest BCUT2D eigenvalue weighted by Gasteiger charge is 2.05. The third-order valence-electron chi connectivity index (χ3n) is 2.54. The van der Waals surface area contributed by atoms with Gasteiger partial charge in [0.2, 0.25) is 5.91 Å². The Bertz CT molecular complexity index is 403. The monoisotopic (exact) mass is 250 g/mol.